The van der Waals surface area contributed by atoms with E-state index in [0.29, 0.717) is 12.1 Å². The van der Waals surface area contributed by atoms with Crippen LogP contribution in [0.5, 0.6) is 0 Å². The van der Waals surface area contributed by atoms with E-state index in [-0.39, 0.29) is 4.90 Å². The summed E-state index contributed by atoms with van der Waals surface area (Å²) in [5, 5.41) is 4.19. The van der Waals surface area contributed by atoms with Crippen LogP contribution < -0.4 is 0 Å². The largest absolute Gasteiger partial charge is 0.361 e. The fourth-order valence-electron chi connectivity index (χ4n) is 4.02. The fourth-order valence-corrected chi connectivity index (χ4v) is 4.95. The smallest absolute Gasteiger partial charge is 0.242 e. The maximum Gasteiger partial charge on any atom is 0.242 e. The summed E-state index contributed by atoms with van der Waals surface area (Å²) in [6.45, 7) is 4.38. The molecule has 0 unspecified atom stereocenters. The molecule has 0 aliphatic rings. The molecule has 2 aromatic carbocycles. The quantitative estimate of drug-likeness (QED) is 0.340. The van der Waals surface area contributed by atoms with Gasteiger partial charge in [-0.15, -0.1) is 0 Å². The molecule has 9 heteroatoms. The number of nitrogens with zero attached hydrogens (tertiary/aromatic N) is 5. The molecule has 2 heterocycles. The van der Waals surface area contributed by atoms with E-state index in [1.54, 1.807) is 12.1 Å². The lowest BCUT2D eigenvalue weighted by Gasteiger charge is -2.16. The van der Waals surface area contributed by atoms with Crippen molar-refractivity contribution in [3.63, 3.8) is 0 Å². The minimum absolute atomic E-state index is 0.257. The minimum atomic E-state index is -3.50. The molecule has 0 aliphatic heterocycles. The van der Waals surface area contributed by atoms with Crippen molar-refractivity contribution < 1.29 is 12.9 Å². The minimum Gasteiger partial charge on any atom is -0.361 e. The Kier molecular flexibility index (Phi) is 7.16. The molecule has 4 aromatic rings. The standard InChI is InChI=1S/C25H31N5O3S/c1-5-30-24-14-13-21(34(31,32)28(2)3)17-23(24)26-25(30)18-29(4)15-9-12-20-16-22(27-33-20)19-10-7-6-8-11-19/h6-8,10-11,13-14,16-17H,5,9,12,15,18H2,1-4H3. The van der Waals surface area contributed by atoms with Crippen molar-refractivity contribution in [1.29, 1.82) is 0 Å². The summed E-state index contributed by atoms with van der Waals surface area (Å²) >= 11 is 0. The summed E-state index contributed by atoms with van der Waals surface area (Å²) in [4.78, 5) is 7.25. The Morgan fingerprint density at radius 2 is 1.79 bits per heavy atom. The Morgan fingerprint density at radius 1 is 1.03 bits per heavy atom. The number of rotatable bonds is 10. The fraction of sp³-hybridized carbons (Fsp3) is 0.360. The Hall–Kier alpha value is -3.01. The topological polar surface area (TPSA) is 84.5 Å². The molecule has 0 amide bonds. The third kappa shape index (κ3) is 5.06. The van der Waals surface area contributed by atoms with Crippen molar-refractivity contribution in [3.05, 3.63) is 66.2 Å². The second-order valence-electron chi connectivity index (χ2n) is 8.60. The van der Waals surface area contributed by atoms with Crippen LogP contribution in [0.2, 0.25) is 0 Å². The van der Waals surface area contributed by atoms with E-state index in [9.17, 15) is 8.42 Å². The monoisotopic (exact) mass is 481 g/mol. The van der Waals surface area contributed by atoms with Crippen LogP contribution in [0.25, 0.3) is 22.3 Å². The van der Waals surface area contributed by atoms with Gasteiger partial charge < -0.3 is 9.09 Å². The average molecular weight is 482 g/mol. The lowest BCUT2D eigenvalue weighted by atomic mass is 10.1. The molecule has 180 valence electrons. The Morgan fingerprint density at radius 3 is 2.50 bits per heavy atom. The Bertz CT molecular complexity index is 1360. The van der Waals surface area contributed by atoms with Crippen LogP contribution in [0.3, 0.4) is 0 Å². The van der Waals surface area contributed by atoms with E-state index in [2.05, 4.69) is 28.6 Å². The highest BCUT2D eigenvalue weighted by atomic mass is 32.2. The van der Waals surface area contributed by atoms with Crippen molar-refractivity contribution >= 4 is 21.1 Å². The van der Waals surface area contributed by atoms with Gasteiger partial charge in [0.25, 0.3) is 0 Å². The maximum absolute atomic E-state index is 12.5. The normalized spacial score (nSPS) is 12.3. The lowest BCUT2D eigenvalue weighted by Crippen LogP contribution is -2.22. The van der Waals surface area contributed by atoms with E-state index >= 15 is 0 Å². The first-order valence-corrected chi connectivity index (χ1v) is 12.8. The van der Waals surface area contributed by atoms with Gasteiger partial charge in [-0.1, -0.05) is 35.5 Å². The second-order valence-corrected chi connectivity index (χ2v) is 10.7. The molecule has 0 atom stereocenters. The number of hydrogen-bond donors (Lipinski definition) is 0. The summed E-state index contributed by atoms with van der Waals surface area (Å²) in [7, 11) is 1.64. The zero-order valence-corrected chi connectivity index (χ0v) is 20.9. The van der Waals surface area contributed by atoms with Gasteiger partial charge in [-0.3, -0.25) is 4.90 Å². The van der Waals surface area contributed by atoms with Crippen molar-refractivity contribution in [2.75, 3.05) is 27.7 Å². The molecule has 0 saturated carbocycles. The molecule has 0 bridgehead atoms. The molecule has 0 radical (unpaired) electrons. The van der Waals surface area contributed by atoms with Gasteiger partial charge in [0.1, 0.15) is 17.3 Å². The van der Waals surface area contributed by atoms with Gasteiger partial charge in [-0.25, -0.2) is 17.7 Å². The van der Waals surface area contributed by atoms with E-state index in [1.165, 1.54) is 18.4 Å². The summed E-state index contributed by atoms with van der Waals surface area (Å²) < 4.78 is 33.9. The van der Waals surface area contributed by atoms with Crippen LogP contribution in [0.15, 0.2) is 64.0 Å². The highest BCUT2D eigenvalue weighted by molar-refractivity contribution is 7.89. The van der Waals surface area contributed by atoms with E-state index in [0.717, 1.165) is 54.3 Å². The SMILES string of the molecule is CCn1c(CN(C)CCCc2cc(-c3ccccc3)no2)nc2cc(S(=O)(=O)N(C)C)ccc21. The summed E-state index contributed by atoms with van der Waals surface area (Å²) in [5.74, 6) is 1.80. The third-order valence-corrected chi connectivity index (χ3v) is 7.71. The second kappa shape index (κ2) is 10.1. The highest BCUT2D eigenvalue weighted by Crippen LogP contribution is 2.23. The van der Waals surface area contributed by atoms with Crippen LogP contribution in [0.1, 0.15) is 24.9 Å². The van der Waals surface area contributed by atoms with Crippen molar-refractivity contribution in [2.45, 2.75) is 37.8 Å². The average Bonchev–Trinajstić information content (AvgIpc) is 3.43. The number of sulfonamides is 1. The molecular formula is C25H31N5O3S. The van der Waals surface area contributed by atoms with Gasteiger partial charge >= 0.3 is 0 Å². The van der Waals surface area contributed by atoms with E-state index in [1.807, 2.05) is 42.5 Å². The first kappa shape index (κ1) is 24.1. The summed E-state index contributed by atoms with van der Waals surface area (Å²) in [6, 6.07) is 17.2. The van der Waals surface area contributed by atoms with E-state index < -0.39 is 10.0 Å². The molecule has 34 heavy (non-hydrogen) atoms. The summed E-state index contributed by atoms with van der Waals surface area (Å²) in [5.41, 5.74) is 3.55. The number of fused-ring (bicyclic) bond motifs is 1. The number of benzene rings is 2. The van der Waals surface area contributed by atoms with Gasteiger partial charge in [0, 0.05) is 38.7 Å². The number of aromatic nitrogens is 3. The van der Waals surface area contributed by atoms with Crippen LogP contribution in [-0.4, -0.2) is 60.0 Å². The van der Waals surface area contributed by atoms with Crippen molar-refractivity contribution in [1.82, 2.24) is 23.9 Å². The van der Waals surface area contributed by atoms with Gasteiger partial charge in [0.2, 0.25) is 10.0 Å². The zero-order chi connectivity index (χ0) is 24.3. The predicted molar refractivity (Wildman–Crippen MR) is 133 cm³/mol. The third-order valence-electron chi connectivity index (χ3n) is 5.90. The van der Waals surface area contributed by atoms with Crippen molar-refractivity contribution in [3.8, 4) is 11.3 Å². The Balaban J connectivity index is 1.40. The molecule has 0 aliphatic carbocycles. The molecule has 4 rings (SSSR count). The maximum atomic E-state index is 12.5. The lowest BCUT2D eigenvalue weighted by molar-refractivity contribution is 0.301. The zero-order valence-electron chi connectivity index (χ0n) is 20.1. The summed E-state index contributed by atoms with van der Waals surface area (Å²) in [6.07, 6.45) is 1.73. The van der Waals surface area contributed by atoms with Gasteiger partial charge in [-0.05, 0) is 45.1 Å². The first-order chi connectivity index (χ1) is 16.3. The number of imidazole rings is 1. The van der Waals surface area contributed by atoms with Gasteiger partial charge in [0.05, 0.1) is 22.5 Å². The molecular weight excluding hydrogens is 450 g/mol. The van der Waals surface area contributed by atoms with E-state index in [4.69, 9.17) is 9.51 Å². The number of hydrogen-bond acceptors (Lipinski definition) is 6. The van der Waals surface area contributed by atoms with Crippen LogP contribution in [0.4, 0.5) is 0 Å². The highest BCUT2D eigenvalue weighted by Gasteiger charge is 2.20. The predicted octanol–water partition coefficient (Wildman–Crippen LogP) is 4.03. The van der Waals surface area contributed by atoms with Gasteiger partial charge in [0.15, 0.2) is 0 Å². The van der Waals surface area contributed by atoms with Crippen LogP contribution in [0, 0.1) is 0 Å². The molecule has 2 aromatic heterocycles. The Labute approximate surface area is 200 Å². The first-order valence-electron chi connectivity index (χ1n) is 11.4. The molecule has 0 N–H and O–H groups in total. The molecule has 0 fully saturated rings. The van der Waals surface area contributed by atoms with Gasteiger partial charge in [-0.2, -0.15) is 0 Å². The van der Waals surface area contributed by atoms with Crippen molar-refractivity contribution in [2.24, 2.45) is 0 Å². The molecule has 8 nitrogen and oxygen atoms in total. The van der Waals surface area contributed by atoms with Crippen LogP contribution in [-0.2, 0) is 29.5 Å². The molecule has 0 spiro atoms. The van der Waals surface area contributed by atoms with Crippen LogP contribution >= 0.6 is 0 Å². The molecule has 0 saturated heterocycles. The number of aryl methyl sites for hydroxylation is 2.